The van der Waals surface area contributed by atoms with E-state index in [0.29, 0.717) is 0 Å². The van der Waals surface area contributed by atoms with E-state index in [9.17, 15) is 9.59 Å². The highest BCUT2D eigenvalue weighted by atomic mass is 16.6. The van der Waals surface area contributed by atoms with E-state index in [4.69, 9.17) is 4.74 Å². The van der Waals surface area contributed by atoms with Crippen LogP contribution in [0.1, 0.15) is 18.5 Å². The normalized spacial score (nSPS) is 20.4. The van der Waals surface area contributed by atoms with Crippen molar-refractivity contribution >= 4 is 12.0 Å². The minimum Gasteiger partial charge on any atom is -0.447 e. The minimum absolute atomic E-state index is 0.0946. The molecule has 0 radical (unpaired) electrons. The topological polar surface area (TPSA) is 58.6 Å². The van der Waals surface area contributed by atoms with Crippen molar-refractivity contribution in [2.75, 3.05) is 13.7 Å². The second kappa shape index (κ2) is 5.08. The van der Waals surface area contributed by atoms with Crippen molar-refractivity contribution in [3.63, 3.8) is 0 Å². The van der Waals surface area contributed by atoms with Gasteiger partial charge in [-0.2, -0.15) is 0 Å². The largest absolute Gasteiger partial charge is 0.447 e. The van der Waals surface area contributed by atoms with Crippen molar-refractivity contribution < 1.29 is 14.3 Å². The van der Waals surface area contributed by atoms with E-state index in [1.165, 1.54) is 4.90 Å². The predicted octanol–water partition coefficient (Wildman–Crippen LogP) is 1.31. The Hall–Kier alpha value is -2.04. The van der Waals surface area contributed by atoms with Gasteiger partial charge in [0, 0.05) is 7.05 Å². The van der Waals surface area contributed by atoms with Crippen molar-refractivity contribution in [2.45, 2.75) is 19.0 Å². The first-order chi connectivity index (χ1) is 8.59. The Balaban J connectivity index is 1.98. The van der Waals surface area contributed by atoms with Crippen LogP contribution in [0.2, 0.25) is 0 Å². The molecule has 1 fully saturated rings. The lowest BCUT2D eigenvalue weighted by molar-refractivity contribution is -0.125. The highest BCUT2D eigenvalue weighted by molar-refractivity contribution is 5.88. The summed E-state index contributed by atoms with van der Waals surface area (Å²) >= 11 is 0. The summed E-state index contributed by atoms with van der Waals surface area (Å²) in [7, 11) is 1.56. The van der Waals surface area contributed by atoms with Crippen LogP contribution in [-0.4, -0.2) is 36.6 Å². The first-order valence-corrected chi connectivity index (χ1v) is 5.84. The summed E-state index contributed by atoms with van der Waals surface area (Å²) in [6.45, 7) is 2.02. The van der Waals surface area contributed by atoms with Gasteiger partial charge in [-0.1, -0.05) is 30.3 Å². The molecule has 1 N–H and O–H groups in total. The predicted molar refractivity (Wildman–Crippen MR) is 65.9 cm³/mol. The van der Waals surface area contributed by atoms with Gasteiger partial charge in [0.1, 0.15) is 12.6 Å². The van der Waals surface area contributed by atoms with Crippen LogP contribution in [0.3, 0.4) is 0 Å². The summed E-state index contributed by atoms with van der Waals surface area (Å²) in [5.74, 6) is -0.195. The van der Waals surface area contributed by atoms with E-state index >= 15 is 0 Å². The zero-order valence-electron chi connectivity index (χ0n) is 10.4. The van der Waals surface area contributed by atoms with Crippen molar-refractivity contribution in [3.05, 3.63) is 35.9 Å². The molecule has 0 bridgehead atoms. The summed E-state index contributed by atoms with van der Waals surface area (Å²) in [4.78, 5) is 24.5. The fourth-order valence-electron chi connectivity index (χ4n) is 1.88. The van der Waals surface area contributed by atoms with E-state index in [-0.39, 0.29) is 18.6 Å². The molecule has 2 amide bonds. The number of carbonyl (C=O) groups is 2. The lowest BCUT2D eigenvalue weighted by atomic mass is 10.1. The Morgan fingerprint density at radius 1 is 1.44 bits per heavy atom. The van der Waals surface area contributed by atoms with Crippen LogP contribution >= 0.6 is 0 Å². The molecular weight excluding hydrogens is 232 g/mol. The maximum absolute atomic E-state index is 12.0. The van der Waals surface area contributed by atoms with E-state index < -0.39 is 12.1 Å². The van der Waals surface area contributed by atoms with Gasteiger partial charge in [-0.3, -0.25) is 9.69 Å². The summed E-state index contributed by atoms with van der Waals surface area (Å²) in [6.07, 6.45) is -0.456. The zero-order valence-corrected chi connectivity index (χ0v) is 10.4. The second-order valence-corrected chi connectivity index (χ2v) is 4.34. The summed E-state index contributed by atoms with van der Waals surface area (Å²) in [5, 5.41) is 2.88. The molecule has 5 heteroatoms. The van der Waals surface area contributed by atoms with Crippen LogP contribution in [0, 0.1) is 0 Å². The number of hydrogen-bond donors (Lipinski definition) is 1. The van der Waals surface area contributed by atoms with E-state index in [2.05, 4.69) is 5.32 Å². The molecule has 1 heterocycles. The number of cyclic esters (lactones) is 1. The Labute approximate surface area is 106 Å². The number of carbonyl (C=O) groups excluding carboxylic acids is 2. The SMILES string of the molecule is CC(NC(=O)C1COC(=O)N1C)c1ccccc1. The molecule has 18 heavy (non-hydrogen) atoms. The smallest absolute Gasteiger partial charge is 0.410 e. The van der Waals surface area contributed by atoms with Crippen molar-refractivity contribution in [2.24, 2.45) is 0 Å². The average molecular weight is 248 g/mol. The monoisotopic (exact) mass is 248 g/mol. The highest BCUT2D eigenvalue weighted by Crippen LogP contribution is 2.14. The van der Waals surface area contributed by atoms with Gasteiger partial charge >= 0.3 is 6.09 Å². The average Bonchev–Trinajstić information content (AvgIpc) is 2.71. The van der Waals surface area contributed by atoms with Gasteiger partial charge in [-0.15, -0.1) is 0 Å². The Morgan fingerprint density at radius 2 is 2.11 bits per heavy atom. The third-order valence-electron chi connectivity index (χ3n) is 3.08. The molecule has 2 rings (SSSR count). The molecule has 96 valence electrons. The van der Waals surface area contributed by atoms with Gasteiger partial charge in [0.25, 0.3) is 0 Å². The summed E-state index contributed by atoms with van der Waals surface area (Å²) in [6, 6.07) is 9.04. The van der Waals surface area contributed by atoms with E-state index in [1.54, 1.807) is 7.05 Å². The molecule has 0 saturated carbocycles. The molecule has 0 aliphatic carbocycles. The first kappa shape index (κ1) is 12.4. The number of rotatable bonds is 3. The van der Waals surface area contributed by atoms with E-state index in [1.807, 2.05) is 37.3 Å². The second-order valence-electron chi connectivity index (χ2n) is 4.34. The van der Waals surface area contributed by atoms with Crippen LogP contribution in [0.4, 0.5) is 4.79 Å². The molecule has 0 aromatic heterocycles. The van der Waals surface area contributed by atoms with Crippen LogP contribution < -0.4 is 5.32 Å². The zero-order chi connectivity index (χ0) is 13.1. The number of ether oxygens (including phenoxy) is 1. The molecule has 1 aromatic carbocycles. The van der Waals surface area contributed by atoms with Crippen LogP contribution in [0.5, 0.6) is 0 Å². The number of hydrogen-bond acceptors (Lipinski definition) is 3. The van der Waals surface area contributed by atoms with Crippen molar-refractivity contribution in [3.8, 4) is 0 Å². The van der Waals surface area contributed by atoms with Gasteiger partial charge in [-0.25, -0.2) is 4.79 Å². The standard InChI is InChI=1S/C13H16N2O3/c1-9(10-6-4-3-5-7-10)14-12(16)11-8-18-13(17)15(11)2/h3-7,9,11H,8H2,1-2H3,(H,14,16). The third-order valence-corrected chi connectivity index (χ3v) is 3.08. The summed E-state index contributed by atoms with van der Waals surface area (Å²) in [5.41, 5.74) is 1.03. The van der Waals surface area contributed by atoms with Gasteiger partial charge in [0.15, 0.2) is 0 Å². The maximum atomic E-state index is 12.0. The van der Waals surface area contributed by atoms with Crippen LogP contribution in [0.15, 0.2) is 30.3 Å². The molecule has 0 spiro atoms. The molecule has 1 aliphatic heterocycles. The van der Waals surface area contributed by atoms with Crippen LogP contribution in [-0.2, 0) is 9.53 Å². The van der Waals surface area contributed by atoms with Gasteiger partial charge in [0.05, 0.1) is 6.04 Å². The lowest BCUT2D eigenvalue weighted by Gasteiger charge is -2.19. The molecule has 1 aromatic rings. The van der Waals surface area contributed by atoms with E-state index in [0.717, 1.165) is 5.56 Å². The third kappa shape index (κ3) is 2.45. The minimum atomic E-state index is -0.538. The van der Waals surface area contributed by atoms with Gasteiger partial charge < -0.3 is 10.1 Å². The van der Waals surface area contributed by atoms with Gasteiger partial charge in [0.2, 0.25) is 5.91 Å². The molecule has 2 unspecified atom stereocenters. The first-order valence-electron chi connectivity index (χ1n) is 5.84. The highest BCUT2D eigenvalue weighted by Gasteiger charge is 2.35. The number of benzene rings is 1. The molecule has 5 nitrogen and oxygen atoms in total. The van der Waals surface area contributed by atoms with Crippen molar-refractivity contribution in [1.29, 1.82) is 0 Å². The quantitative estimate of drug-likeness (QED) is 0.877. The number of nitrogens with zero attached hydrogens (tertiary/aromatic N) is 1. The molecule has 1 saturated heterocycles. The lowest BCUT2D eigenvalue weighted by Crippen LogP contribution is -2.44. The number of likely N-dealkylation sites (N-methyl/N-ethyl adjacent to an activating group) is 1. The number of nitrogens with one attached hydrogen (secondary N) is 1. The Kier molecular flexibility index (Phi) is 3.50. The fraction of sp³-hybridized carbons (Fsp3) is 0.385. The number of amides is 2. The van der Waals surface area contributed by atoms with Crippen molar-refractivity contribution in [1.82, 2.24) is 10.2 Å². The Morgan fingerprint density at radius 3 is 2.67 bits per heavy atom. The molecule has 2 atom stereocenters. The van der Waals surface area contributed by atoms with Crippen LogP contribution in [0.25, 0.3) is 0 Å². The molecular formula is C13H16N2O3. The molecule has 1 aliphatic rings. The Bertz CT molecular complexity index is 447. The fourth-order valence-corrected chi connectivity index (χ4v) is 1.88. The summed E-state index contributed by atoms with van der Waals surface area (Å²) < 4.78 is 4.81. The maximum Gasteiger partial charge on any atom is 0.410 e. The van der Waals surface area contributed by atoms with Gasteiger partial charge in [-0.05, 0) is 12.5 Å².